The summed E-state index contributed by atoms with van der Waals surface area (Å²) in [6.07, 6.45) is 4.91. The van der Waals surface area contributed by atoms with Gasteiger partial charge in [0.1, 0.15) is 11.3 Å². The molecule has 0 aliphatic carbocycles. The predicted octanol–water partition coefficient (Wildman–Crippen LogP) is 2.24. The molecule has 2 heterocycles. The number of rotatable bonds is 2. The van der Waals surface area contributed by atoms with Crippen LogP contribution in [0.3, 0.4) is 0 Å². The van der Waals surface area contributed by atoms with Gasteiger partial charge in [0.05, 0.1) is 11.9 Å². The average Bonchev–Trinajstić information content (AvgIpc) is 2.82. The van der Waals surface area contributed by atoms with Crippen molar-refractivity contribution < 1.29 is 9.13 Å². The second-order valence-electron chi connectivity index (χ2n) is 3.68. The summed E-state index contributed by atoms with van der Waals surface area (Å²) < 4.78 is 20.1. The monoisotopic (exact) mass is 244 g/mol. The van der Waals surface area contributed by atoms with Gasteiger partial charge in [0, 0.05) is 18.5 Å². The number of nitrogens with zero attached hydrogens (tertiary/aromatic N) is 3. The highest BCUT2D eigenvalue weighted by molar-refractivity contribution is 5.59. The molecule has 0 saturated carbocycles. The Morgan fingerprint density at radius 2 is 2.11 bits per heavy atom. The van der Waals surface area contributed by atoms with Gasteiger partial charge in [0.25, 0.3) is 0 Å². The molecule has 0 amide bonds. The standard InChI is InChI=1S/C12H9FN4O/c13-8-1-2-11(9(14)7-8)18-12-10-3-4-16-17(10)6-5-15-12/h1-7H,14H2. The Morgan fingerprint density at radius 1 is 1.22 bits per heavy atom. The van der Waals surface area contributed by atoms with Gasteiger partial charge in [-0.1, -0.05) is 0 Å². The zero-order chi connectivity index (χ0) is 12.5. The Bertz CT molecular complexity index is 710. The Hall–Kier alpha value is -2.63. The van der Waals surface area contributed by atoms with Gasteiger partial charge in [0.15, 0.2) is 5.75 Å². The summed E-state index contributed by atoms with van der Waals surface area (Å²) in [5.41, 5.74) is 6.60. The summed E-state index contributed by atoms with van der Waals surface area (Å²) in [5, 5.41) is 4.06. The first kappa shape index (κ1) is 10.5. The van der Waals surface area contributed by atoms with Crippen LogP contribution in [0.2, 0.25) is 0 Å². The van der Waals surface area contributed by atoms with E-state index in [0.29, 0.717) is 17.1 Å². The quantitative estimate of drug-likeness (QED) is 0.702. The topological polar surface area (TPSA) is 65.4 Å². The summed E-state index contributed by atoms with van der Waals surface area (Å²) in [5.74, 6) is 0.321. The summed E-state index contributed by atoms with van der Waals surface area (Å²) >= 11 is 0. The molecule has 0 saturated heterocycles. The maximum Gasteiger partial charge on any atom is 0.245 e. The molecule has 5 nitrogen and oxygen atoms in total. The van der Waals surface area contributed by atoms with Crippen molar-refractivity contribution in [3.8, 4) is 11.6 Å². The second kappa shape index (κ2) is 3.99. The van der Waals surface area contributed by atoms with Crippen LogP contribution in [0.25, 0.3) is 5.52 Å². The Morgan fingerprint density at radius 3 is 2.94 bits per heavy atom. The molecule has 2 N–H and O–H groups in total. The highest BCUT2D eigenvalue weighted by atomic mass is 19.1. The van der Waals surface area contributed by atoms with Crippen LogP contribution >= 0.6 is 0 Å². The minimum atomic E-state index is -0.407. The van der Waals surface area contributed by atoms with Crippen molar-refractivity contribution >= 4 is 11.2 Å². The molecule has 2 aromatic heterocycles. The number of nitrogen functional groups attached to an aromatic ring is 1. The largest absolute Gasteiger partial charge is 0.435 e. The molecule has 3 rings (SSSR count). The van der Waals surface area contributed by atoms with E-state index in [1.54, 1.807) is 29.2 Å². The van der Waals surface area contributed by atoms with Gasteiger partial charge in [-0.2, -0.15) is 5.10 Å². The fraction of sp³-hybridized carbons (Fsp3) is 0. The normalized spacial score (nSPS) is 10.7. The fourth-order valence-corrected chi connectivity index (χ4v) is 1.63. The lowest BCUT2D eigenvalue weighted by atomic mass is 10.3. The minimum absolute atomic E-state index is 0.221. The Balaban J connectivity index is 2.03. The first-order valence-corrected chi connectivity index (χ1v) is 5.25. The third-order valence-electron chi connectivity index (χ3n) is 2.47. The molecule has 6 heteroatoms. The van der Waals surface area contributed by atoms with Crippen molar-refractivity contribution in [3.05, 3.63) is 48.7 Å². The second-order valence-corrected chi connectivity index (χ2v) is 3.68. The van der Waals surface area contributed by atoms with Crippen LogP contribution in [0.1, 0.15) is 0 Å². The van der Waals surface area contributed by atoms with Gasteiger partial charge in [-0.25, -0.2) is 13.9 Å². The van der Waals surface area contributed by atoms with Crippen LogP contribution in [0.15, 0.2) is 42.9 Å². The van der Waals surface area contributed by atoms with E-state index < -0.39 is 5.82 Å². The van der Waals surface area contributed by atoms with Crippen LogP contribution in [-0.4, -0.2) is 14.6 Å². The van der Waals surface area contributed by atoms with Gasteiger partial charge in [-0.05, 0) is 18.2 Å². The molecule has 0 bridgehead atoms. The summed E-state index contributed by atoms with van der Waals surface area (Å²) in [7, 11) is 0. The number of benzene rings is 1. The van der Waals surface area contributed by atoms with Crippen molar-refractivity contribution in [1.29, 1.82) is 0 Å². The number of hydrogen-bond acceptors (Lipinski definition) is 4. The molecule has 3 aromatic rings. The first-order valence-electron chi connectivity index (χ1n) is 5.25. The lowest BCUT2D eigenvalue weighted by Gasteiger charge is -2.08. The van der Waals surface area contributed by atoms with Crippen LogP contribution in [0.5, 0.6) is 11.6 Å². The number of nitrogens with two attached hydrogens (primary N) is 1. The molecule has 18 heavy (non-hydrogen) atoms. The summed E-state index contributed by atoms with van der Waals surface area (Å²) in [6, 6.07) is 5.71. The van der Waals surface area contributed by atoms with E-state index in [2.05, 4.69) is 10.1 Å². The van der Waals surface area contributed by atoms with Crippen molar-refractivity contribution in [1.82, 2.24) is 14.6 Å². The van der Waals surface area contributed by atoms with Gasteiger partial charge < -0.3 is 10.5 Å². The molecule has 1 aromatic carbocycles. The lowest BCUT2D eigenvalue weighted by molar-refractivity contribution is 0.466. The van der Waals surface area contributed by atoms with Crippen molar-refractivity contribution in [2.24, 2.45) is 0 Å². The zero-order valence-corrected chi connectivity index (χ0v) is 9.25. The van der Waals surface area contributed by atoms with E-state index in [1.807, 2.05) is 0 Å². The average molecular weight is 244 g/mol. The molecule has 0 radical (unpaired) electrons. The van der Waals surface area contributed by atoms with E-state index in [9.17, 15) is 4.39 Å². The highest BCUT2D eigenvalue weighted by Crippen LogP contribution is 2.28. The fourth-order valence-electron chi connectivity index (χ4n) is 1.63. The number of aromatic nitrogens is 3. The van der Waals surface area contributed by atoms with Crippen LogP contribution in [-0.2, 0) is 0 Å². The van der Waals surface area contributed by atoms with Crippen LogP contribution in [0.4, 0.5) is 10.1 Å². The first-order chi connectivity index (χ1) is 8.74. The Kier molecular flexibility index (Phi) is 2.33. The van der Waals surface area contributed by atoms with E-state index in [1.165, 1.54) is 18.2 Å². The lowest BCUT2D eigenvalue weighted by Crippen LogP contribution is -1.97. The third-order valence-corrected chi connectivity index (χ3v) is 2.47. The van der Waals surface area contributed by atoms with Gasteiger partial charge >= 0.3 is 0 Å². The maximum atomic E-state index is 12.9. The van der Waals surface area contributed by atoms with E-state index in [4.69, 9.17) is 10.5 Å². The molecule has 0 fully saturated rings. The van der Waals surface area contributed by atoms with Crippen LogP contribution < -0.4 is 10.5 Å². The van der Waals surface area contributed by atoms with Gasteiger partial charge in [-0.3, -0.25) is 0 Å². The van der Waals surface area contributed by atoms with E-state index >= 15 is 0 Å². The number of hydrogen-bond donors (Lipinski definition) is 1. The maximum absolute atomic E-state index is 12.9. The van der Waals surface area contributed by atoms with E-state index in [0.717, 1.165) is 0 Å². The SMILES string of the molecule is Nc1cc(F)ccc1Oc1nccn2nccc12. The Labute approximate surface area is 102 Å². The molecule has 0 spiro atoms. The molecular formula is C12H9FN4O. The molecule has 0 unspecified atom stereocenters. The van der Waals surface area contributed by atoms with Crippen molar-refractivity contribution in [2.45, 2.75) is 0 Å². The van der Waals surface area contributed by atoms with Crippen molar-refractivity contribution in [2.75, 3.05) is 5.73 Å². The number of fused-ring (bicyclic) bond motifs is 1. The smallest absolute Gasteiger partial charge is 0.245 e. The summed E-state index contributed by atoms with van der Waals surface area (Å²) in [6.45, 7) is 0. The van der Waals surface area contributed by atoms with Crippen molar-refractivity contribution in [3.63, 3.8) is 0 Å². The predicted molar refractivity (Wildman–Crippen MR) is 63.9 cm³/mol. The van der Waals surface area contributed by atoms with E-state index in [-0.39, 0.29) is 5.69 Å². The van der Waals surface area contributed by atoms with Gasteiger partial charge in [-0.15, -0.1) is 0 Å². The highest BCUT2D eigenvalue weighted by Gasteiger charge is 2.08. The molecule has 0 aliphatic rings. The molecule has 0 aliphatic heterocycles. The minimum Gasteiger partial charge on any atom is -0.435 e. The number of anilines is 1. The molecular weight excluding hydrogens is 235 g/mol. The summed E-state index contributed by atoms with van der Waals surface area (Å²) in [4.78, 5) is 4.11. The number of halogens is 1. The van der Waals surface area contributed by atoms with Gasteiger partial charge in [0.2, 0.25) is 5.88 Å². The molecule has 0 atom stereocenters. The third kappa shape index (κ3) is 1.73. The molecule has 90 valence electrons. The number of ether oxygens (including phenoxy) is 1. The van der Waals surface area contributed by atoms with Crippen LogP contribution in [0, 0.1) is 5.82 Å². The zero-order valence-electron chi connectivity index (χ0n) is 9.25.